The molecule has 2 atom stereocenters. The van der Waals surface area contributed by atoms with Gasteiger partial charge in [0.2, 0.25) is 0 Å². The minimum atomic E-state index is -1.33. The molecule has 218 valence electrons. The molecular formula is C26H53N4O6P. The number of aromatic nitrogens is 2. The van der Waals surface area contributed by atoms with E-state index in [2.05, 4.69) is 45.0 Å². The monoisotopic (exact) mass is 548 g/mol. The van der Waals surface area contributed by atoms with E-state index in [1.54, 1.807) is 7.11 Å². The van der Waals surface area contributed by atoms with Crippen LogP contribution in [0.25, 0.3) is 0 Å². The van der Waals surface area contributed by atoms with Crippen molar-refractivity contribution in [3.8, 4) is 6.07 Å². The number of nitrogens with zero attached hydrogens (tertiary/aromatic N) is 3. The first kappa shape index (κ1) is 41.9. The molecule has 2 N–H and O–H groups in total. The van der Waals surface area contributed by atoms with E-state index in [0.29, 0.717) is 23.5 Å². The summed E-state index contributed by atoms with van der Waals surface area (Å²) in [5.74, 6) is 0.562. The van der Waals surface area contributed by atoms with Crippen LogP contribution in [0.4, 0.5) is 0 Å². The summed E-state index contributed by atoms with van der Waals surface area (Å²) in [6, 6.07) is 3.65. The summed E-state index contributed by atoms with van der Waals surface area (Å²) < 4.78 is 19.9. The summed E-state index contributed by atoms with van der Waals surface area (Å²) in [4.78, 5) is 22.4. The minimum absolute atomic E-state index is 0.261. The van der Waals surface area contributed by atoms with Crippen LogP contribution in [0, 0.1) is 11.3 Å². The van der Waals surface area contributed by atoms with Crippen LogP contribution >= 0.6 is 8.53 Å². The molecule has 0 aliphatic rings. The molecule has 0 aliphatic carbocycles. The Labute approximate surface area is 226 Å². The number of nitriles is 1. The molecule has 1 aromatic rings. The Balaban J connectivity index is -0.000000298. The summed E-state index contributed by atoms with van der Waals surface area (Å²) in [6.45, 7) is 28.8. The van der Waals surface area contributed by atoms with Gasteiger partial charge in [-0.25, -0.2) is 9.46 Å². The molecule has 0 spiro atoms. The molecule has 0 saturated heterocycles. The van der Waals surface area contributed by atoms with Gasteiger partial charge in [-0.15, -0.1) is 4.73 Å². The van der Waals surface area contributed by atoms with Gasteiger partial charge >= 0.3 is 14.2 Å². The van der Waals surface area contributed by atoms with Gasteiger partial charge in [0.15, 0.2) is 0 Å². The predicted molar refractivity (Wildman–Crippen MR) is 154 cm³/mol. The highest BCUT2D eigenvalue weighted by Crippen LogP contribution is 2.49. The Morgan fingerprint density at radius 1 is 1.19 bits per heavy atom. The SMILES string of the molecule is C=C(OP(OCCC#N)N(C(C)C)C(C)C)C(C)(CC)OC.CC.CC.CC.O=c1ccn(O)c(=O)[nH]1. The number of nitrogens with one attached hydrogen (secondary N) is 1. The maximum absolute atomic E-state index is 10.3. The van der Waals surface area contributed by atoms with Crippen molar-refractivity contribution in [1.29, 1.82) is 5.26 Å². The van der Waals surface area contributed by atoms with Crippen molar-refractivity contribution in [2.75, 3.05) is 13.7 Å². The molecule has 11 heteroatoms. The van der Waals surface area contributed by atoms with Crippen molar-refractivity contribution < 1.29 is 19.0 Å². The van der Waals surface area contributed by atoms with E-state index in [9.17, 15) is 9.59 Å². The first-order valence-electron chi connectivity index (χ1n) is 12.9. The van der Waals surface area contributed by atoms with Gasteiger partial charge in [0, 0.05) is 25.3 Å². The van der Waals surface area contributed by atoms with Gasteiger partial charge in [-0.3, -0.25) is 9.78 Å². The summed E-state index contributed by atoms with van der Waals surface area (Å²) in [5, 5.41) is 17.2. The van der Waals surface area contributed by atoms with Crippen LogP contribution in [-0.4, -0.2) is 51.0 Å². The smallest absolute Gasteiger partial charge is 0.361 e. The van der Waals surface area contributed by atoms with Gasteiger partial charge in [-0.1, -0.05) is 55.0 Å². The molecule has 0 radical (unpaired) electrons. The number of H-pyrrole nitrogens is 1. The molecule has 0 amide bonds. The van der Waals surface area contributed by atoms with Crippen molar-refractivity contribution in [3.05, 3.63) is 45.4 Å². The van der Waals surface area contributed by atoms with Crippen molar-refractivity contribution in [1.82, 2.24) is 14.4 Å². The molecule has 1 rings (SSSR count). The Morgan fingerprint density at radius 3 is 2.00 bits per heavy atom. The first-order chi connectivity index (χ1) is 17.4. The summed E-state index contributed by atoms with van der Waals surface area (Å²) in [5.41, 5.74) is -1.90. The van der Waals surface area contributed by atoms with Gasteiger partial charge in [0.25, 0.3) is 5.56 Å². The van der Waals surface area contributed by atoms with Crippen LogP contribution in [0.1, 0.15) is 95.9 Å². The first-order valence-corrected chi connectivity index (χ1v) is 14.1. The highest BCUT2D eigenvalue weighted by Gasteiger charge is 2.34. The van der Waals surface area contributed by atoms with E-state index in [-0.39, 0.29) is 12.1 Å². The number of hydrogen-bond donors (Lipinski definition) is 2. The fourth-order valence-electron chi connectivity index (χ4n) is 2.34. The lowest BCUT2D eigenvalue weighted by atomic mass is 10.0. The van der Waals surface area contributed by atoms with Crippen LogP contribution in [0.2, 0.25) is 0 Å². The number of rotatable bonds is 11. The Hall–Kier alpha value is -2.18. The van der Waals surface area contributed by atoms with Gasteiger partial charge < -0.3 is 19.0 Å². The quantitative estimate of drug-likeness (QED) is 0.139. The van der Waals surface area contributed by atoms with Crippen LogP contribution in [-0.2, 0) is 13.8 Å². The predicted octanol–water partition coefficient (Wildman–Crippen LogP) is 6.46. The zero-order valence-corrected chi connectivity index (χ0v) is 26.3. The van der Waals surface area contributed by atoms with Crippen molar-refractivity contribution >= 4 is 8.53 Å². The van der Waals surface area contributed by atoms with E-state index in [1.165, 1.54) is 0 Å². The van der Waals surface area contributed by atoms with Crippen LogP contribution in [0.15, 0.2) is 34.2 Å². The van der Waals surface area contributed by atoms with Crippen molar-refractivity contribution in [2.45, 2.75) is 114 Å². The second-order valence-electron chi connectivity index (χ2n) is 7.30. The normalized spacial score (nSPS) is 12.1. The molecule has 0 aromatic carbocycles. The largest absolute Gasteiger partial charge is 0.438 e. The van der Waals surface area contributed by atoms with E-state index in [0.717, 1.165) is 18.7 Å². The third-order valence-corrected chi connectivity index (χ3v) is 6.45. The Kier molecular flexibility index (Phi) is 28.9. The van der Waals surface area contributed by atoms with Gasteiger partial charge in [0.05, 0.1) is 25.3 Å². The summed E-state index contributed by atoms with van der Waals surface area (Å²) in [6.07, 6.45) is 2.07. The zero-order valence-electron chi connectivity index (χ0n) is 25.4. The number of ether oxygens (including phenoxy) is 1. The number of methoxy groups -OCH3 is 1. The maximum atomic E-state index is 10.3. The fourth-order valence-corrected chi connectivity index (χ4v) is 4.00. The molecule has 2 unspecified atom stereocenters. The van der Waals surface area contributed by atoms with E-state index in [4.69, 9.17) is 24.3 Å². The van der Waals surface area contributed by atoms with Crippen LogP contribution < -0.4 is 11.2 Å². The van der Waals surface area contributed by atoms with Crippen molar-refractivity contribution in [3.63, 3.8) is 0 Å². The molecule has 37 heavy (non-hydrogen) atoms. The molecule has 1 heterocycles. The van der Waals surface area contributed by atoms with E-state index < -0.39 is 25.4 Å². The van der Waals surface area contributed by atoms with Gasteiger partial charge in [-0.05, 0) is 41.0 Å². The number of aromatic amines is 1. The average molecular weight is 549 g/mol. The topological polar surface area (TPSA) is 130 Å². The molecule has 0 bridgehead atoms. The lowest BCUT2D eigenvalue weighted by Crippen LogP contribution is -2.35. The molecular weight excluding hydrogens is 495 g/mol. The molecule has 0 fully saturated rings. The third-order valence-electron chi connectivity index (χ3n) is 4.37. The van der Waals surface area contributed by atoms with Gasteiger partial charge in [-0.2, -0.15) is 5.26 Å². The molecule has 0 saturated carbocycles. The fraction of sp³-hybridized carbons (Fsp3) is 0.731. The molecule has 1 aromatic heterocycles. The summed E-state index contributed by atoms with van der Waals surface area (Å²) >= 11 is 0. The van der Waals surface area contributed by atoms with Crippen LogP contribution in [0.5, 0.6) is 0 Å². The third kappa shape index (κ3) is 17.8. The lowest BCUT2D eigenvalue weighted by Gasteiger charge is -2.38. The standard InChI is InChI=1S/C16H31N2O3P.C4H4N2O3.3C2H6/c1-9-16(7,19-8)15(6)21-22(20-12-10-11-17)18(13(2)3)14(4)5;7-3-1-2-6(9)4(8)5-3;3*1-2/h13-14H,6,9-10,12H2,1-5,7-8H3;1-2,9H,(H,5,7,8);3*1-2H3. The lowest BCUT2D eigenvalue weighted by molar-refractivity contribution is 0.00395. The Morgan fingerprint density at radius 2 is 1.68 bits per heavy atom. The van der Waals surface area contributed by atoms with Crippen molar-refractivity contribution in [2.24, 2.45) is 0 Å². The highest BCUT2D eigenvalue weighted by atomic mass is 31.2. The number of hydrogen-bond acceptors (Lipinski definition) is 8. The average Bonchev–Trinajstić information content (AvgIpc) is 2.89. The Bertz CT molecular complexity index is 821. The highest BCUT2D eigenvalue weighted by molar-refractivity contribution is 7.44. The second kappa shape index (κ2) is 25.5. The zero-order chi connectivity index (χ0) is 30.2. The molecule has 10 nitrogen and oxygen atoms in total. The van der Waals surface area contributed by atoms with Crippen LogP contribution in [0.3, 0.4) is 0 Å². The second-order valence-corrected chi connectivity index (χ2v) is 8.68. The minimum Gasteiger partial charge on any atom is -0.438 e. The maximum Gasteiger partial charge on any atom is 0.361 e. The van der Waals surface area contributed by atoms with Gasteiger partial charge in [0.1, 0.15) is 11.4 Å². The summed E-state index contributed by atoms with van der Waals surface area (Å²) in [7, 11) is 0.325. The molecule has 0 aliphatic heterocycles. The van der Waals surface area contributed by atoms with E-state index in [1.807, 2.05) is 60.4 Å². The van der Waals surface area contributed by atoms with E-state index >= 15 is 0 Å².